The number of unbranched alkanes of at least 4 members (excludes halogenated alkanes) is 1. The number of allylic oxidation sites excluding steroid dienone is 6. The molecule has 3 rings (SSSR count). The van der Waals surface area contributed by atoms with Gasteiger partial charge in [0.15, 0.2) is 0 Å². The van der Waals surface area contributed by atoms with Gasteiger partial charge in [-0.05, 0) is 81.1 Å². The minimum Gasteiger partial charge on any atom is -0.398 e. The fourth-order valence-electron chi connectivity index (χ4n) is 4.53. The van der Waals surface area contributed by atoms with E-state index in [2.05, 4.69) is 70.2 Å². The molecule has 28 heavy (non-hydrogen) atoms. The number of hydrogen-bond donors (Lipinski definition) is 1. The minimum absolute atomic E-state index is 0.223. The molecule has 150 valence electrons. The van der Waals surface area contributed by atoms with Crippen LogP contribution in [0.2, 0.25) is 0 Å². The molecule has 1 nitrogen and oxygen atoms in total. The van der Waals surface area contributed by atoms with E-state index in [0.29, 0.717) is 0 Å². The van der Waals surface area contributed by atoms with Gasteiger partial charge in [-0.15, -0.1) is 0 Å². The van der Waals surface area contributed by atoms with E-state index in [4.69, 9.17) is 5.73 Å². The Balaban J connectivity index is 1.97. The summed E-state index contributed by atoms with van der Waals surface area (Å²) in [6.45, 7) is 9.11. The highest BCUT2D eigenvalue weighted by Gasteiger charge is 2.41. The van der Waals surface area contributed by atoms with Gasteiger partial charge < -0.3 is 5.73 Å². The molecule has 1 aromatic rings. The second kappa shape index (κ2) is 8.99. The Morgan fingerprint density at radius 1 is 0.964 bits per heavy atom. The largest absolute Gasteiger partial charge is 0.398 e. The van der Waals surface area contributed by atoms with Crippen molar-refractivity contribution < 1.29 is 0 Å². The van der Waals surface area contributed by atoms with Crippen LogP contribution in [-0.2, 0) is 5.41 Å². The van der Waals surface area contributed by atoms with E-state index in [0.717, 1.165) is 31.4 Å². The van der Waals surface area contributed by atoms with Crippen LogP contribution in [0.15, 0.2) is 76.0 Å². The van der Waals surface area contributed by atoms with Gasteiger partial charge in [-0.3, -0.25) is 0 Å². The van der Waals surface area contributed by atoms with Gasteiger partial charge >= 0.3 is 0 Å². The summed E-state index contributed by atoms with van der Waals surface area (Å²) in [6, 6.07) is 10.9. The fraction of sp³-hybridized carbons (Fsp3) is 0.481. The first-order valence-electron chi connectivity index (χ1n) is 11.1. The topological polar surface area (TPSA) is 26.0 Å². The van der Waals surface area contributed by atoms with Crippen LogP contribution in [0.1, 0.15) is 84.6 Å². The van der Waals surface area contributed by atoms with Gasteiger partial charge in [-0.1, -0.05) is 73.9 Å². The molecule has 2 aliphatic carbocycles. The highest BCUT2D eigenvalue weighted by atomic mass is 14.6. The lowest BCUT2D eigenvalue weighted by Gasteiger charge is -2.23. The summed E-state index contributed by atoms with van der Waals surface area (Å²) in [5, 5.41) is 0. The third kappa shape index (κ3) is 4.35. The van der Waals surface area contributed by atoms with Crippen LogP contribution >= 0.6 is 0 Å². The predicted molar refractivity (Wildman–Crippen MR) is 122 cm³/mol. The molecule has 1 fully saturated rings. The summed E-state index contributed by atoms with van der Waals surface area (Å²) in [5.74, 6) is 0. The number of nitrogens with two attached hydrogens (primary N) is 1. The molecule has 0 aliphatic heterocycles. The van der Waals surface area contributed by atoms with Gasteiger partial charge in [0.2, 0.25) is 0 Å². The average molecular weight is 376 g/mol. The van der Waals surface area contributed by atoms with Crippen molar-refractivity contribution in [3.8, 4) is 0 Å². The van der Waals surface area contributed by atoms with Gasteiger partial charge in [0.1, 0.15) is 0 Å². The summed E-state index contributed by atoms with van der Waals surface area (Å²) in [4.78, 5) is 0. The molecule has 1 saturated carbocycles. The first-order chi connectivity index (χ1) is 13.5. The molecule has 0 radical (unpaired) electrons. The van der Waals surface area contributed by atoms with E-state index in [1.807, 2.05) is 0 Å². The third-order valence-corrected chi connectivity index (χ3v) is 6.67. The molecule has 2 N–H and O–H groups in total. The second-order valence-corrected chi connectivity index (χ2v) is 8.66. The van der Waals surface area contributed by atoms with Crippen LogP contribution in [0.4, 0.5) is 0 Å². The summed E-state index contributed by atoms with van der Waals surface area (Å²) >= 11 is 0. The van der Waals surface area contributed by atoms with Crippen LogP contribution in [0.25, 0.3) is 0 Å². The van der Waals surface area contributed by atoms with Gasteiger partial charge in [-0.2, -0.15) is 0 Å². The highest BCUT2D eigenvalue weighted by molar-refractivity contribution is 5.53. The van der Waals surface area contributed by atoms with Crippen molar-refractivity contribution in [2.24, 2.45) is 5.73 Å². The molecule has 1 aromatic carbocycles. The molecule has 0 unspecified atom stereocenters. The SMILES string of the molecule is CCCCC1=C(\C)CC/C(C)=C(/C=C/C2(c3ccccc3)CC2)C(\N)=C/1CC. The first-order valence-corrected chi connectivity index (χ1v) is 11.1. The molecule has 0 spiro atoms. The van der Waals surface area contributed by atoms with E-state index < -0.39 is 0 Å². The minimum atomic E-state index is 0.223. The monoisotopic (exact) mass is 375 g/mol. The van der Waals surface area contributed by atoms with Crippen LogP contribution in [0.5, 0.6) is 0 Å². The lowest BCUT2D eigenvalue weighted by Crippen LogP contribution is -2.12. The van der Waals surface area contributed by atoms with E-state index in [1.165, 1.54) is 53.5 Å². The Morgan fingerprint density at radius 3 is 2.25 bits per heavy atom. The molecule has 0 bridgehead atoms. The number of benzene rings is 1. The quantitative estimate of drug-likeness (QED) is 0.524. The molecule has 0 amide bonds. The van der Waals surface area contributed by atoms with Gasteiger partial charge in [0.05, 0.1) is 0 Å². The molecular formula is C27H37N. The first kappa shape index (κ1) is 20.7. The molecular weight excluding hydrogens is 338 g/mol. The highest BCUT2D eigenvalue weighted by Crippen LogP contribution is 2.50. The second-order valence-electron chi connectivity index (χ2n) is 8.66. The summed E-state index contributed by atoms with van der Waals surface area (Å²) in [7, 11) is 0. The average Bonchev–Trinajstić information content (AvgIpc) is 3.50. The van der Waals surface area contributed by atoms with Gasteiger partial charge in [0, 0.05) is 11.1 Å². The van der Waals surface area contributed by atoms with Crippen LogP contribution < -0.4 is 5.73 Å². The normalized spacial score (nSPS) is 27.7. The molecule has 2 aliphatic rings. The molecule has 0 aromatic heterocycles. The molecule has 0 heterocycles. The van der Waals surface area contributed by atoms with Crippen molar-refractivity contribution >= 4 is 0 Å². The molecule has 1 heteroatoms. The van der Waals surface area contributed by atoms with Crippen molar-refractivity contribution in [1.82, 2.24) is 0 Å². The van der Waals surface area contributed by atoms with E-state index in [-0.39, 0.29) is 5.41 Å². The van der Waals surface area contributed by atoms with Crippen LogP contribution in [0, 0.1) is 0 Å². The number of hydrogen-bond acceptors (Lipinski definition) is 1. The van der Waals surface area contributed by atoms with Crippen molar-refractivity contribution in [2.45, 2.75) is 84.5 Å². The lowest BCUT2D eigenvalue weighted by atomic mass is 9.84. The van der Waals surface area contributed by atoms with Crippen molar-refractivity contribution in [3.05, 3.63) is 81.6 Å². The maximum atomic E-state index is 6.84. The zero-order valence-electron chi connectivity index (χ0n) is 18.3. The van der Waals surface area contributed by atoms with Crippen molar-refractivity contribution in [1.29, 1.82) is 0 Å². The molecule has 0 atom stereocenters. The maximum Gasteiger partial charge on any atom is 0.0422 e. The fourth-order valence-corrected chi connectivity index (χ4v) is 4.53. The Hall–Kier alpha value is -2.02. The van der Waals surface area contributed by atoms with E-state index in [9.17, 15) is 0 Å². The Labute approximate surface area is 172 Å². The smallest absolute Gasteiger partial charge is 0.0422 e. The van der Waals surface area contributed by atoms with E-state index in [1.54, 1.807) is 5.57 Å². The zero-order valence-corrected chi connectivity index (χ0v) is 18.3. The van der Waals surface area contributed by atoms with Crippen molar-refractivity contribution in [3.63, 3.8) is 0 Å². The Bertz CT molecular complexity index is 813. The van der Waals surface area contributed by atoms with Crippen molar-refractivity contribution in [2.75, 3.05) is 0 Å². The summed E-state index contributed by atoms with van der Waals surface area (Å²) in [6.07, 6.45) is 14.2. The Morgan fingerprint density at radius 2 is 1.64 bits per heavy atom. The Kier molecular flexibility index (Phi) is 6.65. The maximum absolute atomic E-state index is 6.84. The molecule has 0 saturated heterocycles. The predicted octanol–water partition coefficient (Wildman–Crippen LogP) is 7.51. The van der Waals surface area contributed by atoms with Crippen LogP contribution in [0.3, 0.4) is 0 Å². The standard InChI is InChI=1S/C27H37N/c1-5-7-13-24-20(3)14-15-21(4)25(26(28)23(24)6-2)16-17-27(18-19-27)22-11-9-8-10-12-22/h8-12,16-17H,5-7,13-15,18-19,28H2,1-4H3/b17-16+,24-20+,25-21-,26-23+. The number of rotatable bonds is 7. The van der Waals surface area contributed by atoms with E-state index >= 15 is 0 Å². The van der Waals surface area contributed by atoms with Crippen LogP contribution in [-0.4, -0.2) is 0 Å². The zero-order chi connectivity index (χ0) is 20.1. The van der Waals surface area contributed by atoms with Gasteiger partial charge in [-0.25, -0.2) is 0 Å². The summed E-state index contributed by atoms with van der Waals surface area (Å²) in [5.41, 5.74) is 16.7. The lowest BCUT2D eigenvalue weighted by molar-refractivity contribution is 0.760. The van der Waals surface area contributed by atoms with Gasteiger partial charge in [0.25, 0.3) is 0 Å². The third-order valence-electron chi connectivity index (χ3n) is 6.67. The summed E-state index contributed by atoms with van der Waals surface area (Å²) < 4.78 is 0.